The summed E-state index contributed by atoms with van der Waals surface area (Å²) >= 11 is 11.8. The molecule has 0 bridgehead atoms. The molecule has 0 amide bonds. The van der Waals surface area contributed by atoms with Gasteiger partial charge in [0.05, 0.1) is 5.69 Å². The van der Waals surface area contributed by atoms with Crippen molar-refractivity contribution in [1.29, 1.82) is 0 Å². The van der Waals surface area contributed by atoms with Crippen LogP contribution >= 0.6 is 23.2 Å². The molecule has 2 aromatic carbocycles. The summed E-state index contributed by atoms with van der Waals surface area (Å²) in [5.41, 5.74) is 2.11. The van der Waals surface area contributed by atoms with Crippen LogP contribution in [0.3, 0.4) is 0 Å². The Morgan fingerprint density at radius 2 is 1.78 bits per heavy atom. The Morgan fingerprint density at radius 1 is 1.11 bits per heavy atom. The number of para-hydroxylation sites is 1. The highest BCUT2D eigenvalue weighted by atomic mass is 35.5. The molecule has 0 spiro atoms. The molecule has 4 heteroatoms. The van der Waals surface area contributed by atoms with E-state index in [0.717, 1.165) is 5.56 Å². The molecule has 0 saturated heterocycles. The van der Waals surface area contributed by atoms with Crippen molar-refractivity contribution in [2.75, 3.05) is 0 Å². The van der Waals surface area contributed by atoms with Crippen LogP contribution in [0.2, 0.25) is 10.0 Å². The summed E-state index contributed by atoms with van der Waals surface area (Å²) in [5.74, 6) is 0.231. The van der Waals surface area contributed by atoms with Crippen LogP contribution in [-0.4, -0.2) is 11.3 Å². The van der Waals surface area contributed by atoms with Gasteiger partial charge >= 0.3 is 0 Å². The molecule has 18 heavy (non-hydrogen) atoms. The van der Waals surface area contributed by atoms with Crippen LogP contribution in [0.5, 0.6) is 5.75 Å². The lowest BCUT2D eigenvalue weighted by molar-refractivity contribution is 0.470. The minimum Gasteiger partial charge on any atom is -0.507 e. The van der Waals surface area contributed by atoms with Crippen LogP contribution in [0.25, 0.3) is 0 Å². The lowest BCUT2D eigenvalue weighted by atomic mass is 10.1. The molecular formula is C14H11Cl2NO. The Morgan fingerprint density at radius 3 is 2.44 bits per heavy atom. The Kier molecular flexibility index (Phi) is 3.90. The summed E-state index contributed by atoms with van der Waals surface area (Å²) in [6.45, 7) is 1.84. The highest BCUT2D eigenvalue weighted by molar-refractivity contribution is 6.35. The standard InChI is InChI=1S/C14H11Cl2NO/c1-9-3-2-4-10(14(9)18)8-17-13-6-11(15)5-12(16)7-13/h2-8,18H,1H3. The van der Waals surface area contributed by atoms with E-state index in [0.29, 0.717) is 21.3 Å². The monoisotopic (exact) mass is 279 g/mol. The quantitative estimate of drug-likeness (QED) is 0.790. The summed E-state index contributed by atoms with van der Waals surface area (Å²) in [4.78, 5) is 4.25. The topological polar surface area (TPSA) is 32.6 Å². The van der Waals surface area contributed by atoms with Gasteiger partial charge in [-0.25, -0.2) is 0 Å². The van der Waals surface area contributed by atoms with Crippen molar-refractivity contribution in [2.24, 2.45) is 4.99 Å². The van der Waals surface area contributed by atoms with E-state index in [1.165, 1.54) is 0 Å². The fourth-order valence-corrected chi connectivity index (χ4v) is 2.06. The maximum absolute atomic E-state index is 9.84. The van der Waals surface area contributed by atoms with Crippen molar-refractivity contribution in [3.05, 3.63) is 57.6 Å². The number of phenolic OH excluding ortho intramolecular Hbond substituents is 1. The van der Waals surface area contributed by atoms with Gasteiger partial charge in [-0.1, -0.05) is 35.3 Å². The first kappa shape index (κ1) is 12.9. The van der Waals surface area contributed by atoms with Gasteiger partial charge in [0.15, 0.2) is 0 Å². The number of halogens is 2. The van der Waals surface area contributed by atoms with E-state index in [-0.39, 0.29) is 5.75 Å². The molecular weight excluding hydrogens is 269 g/mol. The second-order valence-corrected chi connectivity index (χ2v) is 4.77. The fraction of sp³-hybridized carbons (Fsp3) is 0.0714. The number of aromatic hydroxyl groups is 1. The molecule has 0 heterocycles. The summed E-state index contributed by atoms with van der Waals surface area (Å²) in [6, 6.07) is 10.5. The number of phenols is 1. The van der Waals surface area contributed by atoms with E-state index >= 15 is 0 Å². The van der Waals surface area contributed by atoms with E-state index < -0.39 is 0 Å². The van der Waals surface area contributed by atoms with Gasteiger partial charge in [0.1, 0.15) is 5.75 Å². The summed E-state index contributed by atoms with van der Waals surface area (Å²) in [5, 5.41) is 10.9. The average Bonchev–Trinajstić information content (AvgIpc) is 2.30. The van der Waals surface area contributed by atoms with Crippen molar-refractivity contribution in [1.82, 2.24) is 0 Å². The lowest BCUT2D eigenvalue weighted by Crippen LogP contribution is -1.84. The third kappa shape index (κ3) is 3.03. The summed E-state index contributed by atoms with van der Waals surface area (Å²) < 4.78 is 0. The van der Waals surface area contributed by atoms with E-state index in [1.807, 2.05) is 19.1 Å². The van der Waals surface area contributed by atoms with Crippen LogP contribution in [0.15, 0.2) is 41.4 Å². The van der Waals surface area contributed by atoms with Crippen LogP contribution in [0.1, 0.15) is 11.1 Å². The zero-order valence-electron chi connectivity index (χ0n) is 9.69. The SMILES string of the molecule is Cc1cccc(C=Nc2cc(Cl)cc(Cl)c2)c1O. The third-order valence-electron chi connectivity index (χ3n) is 2.47. The van der Waals surface area contributed by atoms with Gasteiger partial charge in [-0.15, -0.1) is 0 Å². The van der Waals surface area contributed by atoms with Crippen LogP contribution in [-0.2, 0) is 0 Å². The fourth-order valence-electron chi connectivity index (χ4n) is 1.54. The zero-order valence-corrected chi connectivity index (χ0v) is 11.2. The molecule has 0 atom stereocenters. The number of benzene rings is 2. The second kappa shape index (κ2) is 5.42. The Bertz CT molecular complexity index is 588. The van der Waals surface area contributed by atoms with Crippen molar-refractivity contribution in [2.45, 2.75) is 6.92 Å². The molecule has 2 nitrogen and oxygen atoms in total. The molecule has 0 saturated carbocycles. The largest absolute Gasteiger partial charge is 0.507 e. The van der Waals surface area contributed by atoms with Crippen LogP contribution in [0.4, 0.5) is 5.69 Å². The molecule has 2 rings (SSSR count). The predicted molar refractivity (Wildman–Crippen MR) is 76.6 cm³/mol. The highest BCUT2D eigenvalue weighted by Crippen LogP contribution is 2.25. The van der Waals surface area contributed by atoms with Crippen LogP contribution < -0.4 is 0 Å². The van der Waals surface area contributed by atoms with E-state index in [4.69, 9.17) is 23.2 Å². The summed E-state index contributed by atoms with van der Waals surface area (Å²) in [6.07, 6.45) is 1.59. The minimum atomic E-state index is 0.231. The van der Waals surface area contributed by atoms with Gasteiger partial charge in [0.25, 0.3) is 0 Å². The minimum absolute atomic E-state index is 0.231. The zero-order chi connectivity index (χ0) is 13.1. The Hall–Kier alpha value is -1.51. The first-order chi connectivity index (χ1) is 8.56. The van der Waals surface area contributed by atoms with Gasteiger partial charge in [-0.3, -0.25) is 4.99 Å². The maximum atomic E-state index is 9.84. The van der Waals surface area contributed by atoms with Gasteiger partial charge < -0.3 is 5.11 Å². The van der Waals surface area contributed by atoms with Crippen LogP contribution in [0, 0.1) is 6.92 Å². The van der Waals surface area contributed by atoms with Crippen molar-refractivity contribution < 1.29 is 5.11 Å². The molecule has 0 aliphatic heterocycles. The number of rotatable bonds is 2. The summed E-state index contributed by atoms with van der Waals surface area (Å²) in [7, 11) is 0. The van der Waals surface area contributed by atoms with Gasteiger partial charge in [0.2, 0.25) is 0 Å². The molecule has 2 aromatic rings. The van der Waals surface area contributed by atoms with Gasteiger partial charge in [-0.05, 0) is 36.8 Å². The number of aryl methyl sites for hydroxylation is 1. The van der Waals surface area contributed by atoms with Gasteiger partial charge in [0, 0.05) is 21.8 Å². The molecule has 0 unspecified atom stereocenters. The Labute approximate surface area is 116 Å². The number of hydrogen-bond donors (Lipinski definition) is 1. The van der Waals surface area contributed by atoms with E-state index in [1.54, 1.807) is 30.5 Å². The second-order valence-electron chi connectivity index (χ2n) is 3.90. The molecule has 0 radical (unpaired) electrons. The number of nitrogens with zero attached hydrogens (tertiary/aromatic N) is 1. The molecule has 0 fully saturated rings. The normalized spacial score (nSPS) is 11.1. The lowest BCUT2D eigenvalue weighted by Gasteiger charge is -2.02. The van der Waals surface area contributed by atoms with Gasteiger partial charge in [-0.2, -0.15) is 0 Å². The molecule has 92 valence electrons. The molecule has 0 aromatic heterocycles. The van der Waals surface area contributed by atoms with Crippen molar-refractivity contribution in [3.8, 4) is 5.75 Å². The molecule has 0 aliphatic carbocycles. The van der Waals surface area contributed by atoms with E-state index in [9.17, 15) is 5.11 Å². The number of hydrogen-bond acceptors (Lipinski definition) is 2. The Balaban J connectivity index is 2.33. The number of aliphatic imine (C=N–C) groups is 1. The predicted octanol–water partition coefficient (Wildman–Crippen LogP) is 4.76. The van der Waals surface area contributed by atoms with Crippen molar-refractivity contribution in [3.63, 3.8) is 0 Å². The smallest absolute Gasteiger partial charge is 0.127 e. The molecule has 0 aliphatic rings. The molecule has 1 N–H and O–H groups in total. The van der Waals surface area contributed by atoms with E-state index in [2.05, 4.69) is 4.99 Å². The first-order valence-electron chi connectivity index (χ1n) is 5.35. The van der Waals surface area contributed by atoms with Crippen molar-refractivity contribution >= 4 is 35.1 Å². The maximum Gasteiger partial charge on any atom is 0.127 e. The average molecular weight is 280 g/mol. The first-order valence-corrected chi connectivity index (χ1v) is 6.10. The third-order valence-corrected chi connectivity index (χ3v) is 2.91. The highest BCUT2D eigenvalue weighted by Gasteiger charge is 2.01.